The first kappa shape index (κ1) is 13.4. The van der Waals surface area contributed by atoms with Crippen LogP contribution in [0.2, 0.25) is 0 Å². The van der Waals surface area contributed by atoms with Crippen molar-refractivity contribution in [3.8, 4) is 0 Å². The fraction of sp³-hybridized carbons (Fsp3) is 0.571. The Hall–Kier alpha value is -1.00. The molecule has 100 valence electrons. The van der Waals surface area contributed by atoms with Crippen molar-refractivity contribution in [2.45, 2.75) is 25.3 Å². The zero-order valence-corrected chi connectivity index (χ0v) is 10.6. The first-order valence-corrected chi connectivity index (χ1v) is 6.38. The van der Waals surface area contributed by atoms with E-state index < -0.39 is 11.6 Å². The topological polar surface area (TPSA) is 21.3 Å². The van der Waals surface area contributed by atoms with Gasteiger partial charge in [0.2, 0.25) is 0 Å². The normalized spacial score (nSPS) is 21.2. The minimum atomic E-state index is -0.788. The Balaban J connectivity index is 1.94. The molecular formula is C14H19F2NO. The van der Waals surface area contributed by atoms with Crippen molar-refractivity contribution in [1.82, 2.24) is 5.32 Å². The second-order valence-electron chi connectivity index (χ2n) is 4.90. The highest BCUT2D eigenvalue weighted by molar-refractivity contribution is 5.18. The standard InChI is InChI=1S/C14H19F2NO/c1-17-12(7-11-4-5-18-9-11)6-10-2-3-13(15)14(16)8-10/h2-3,8,11-12,17H,4-7,9H2,1H3. The Kier molecular flexibility index (Phi) is 4.66. The number of hydrogen-bond donors (Lipinski definition) is 1. The largest absolute Gasteiger partial charge is 0.381 e. The lowest BCUT2D eigenvalue weighted by Crippen LogP contribution is -2.30. The second-order valence-corrected chi connectivity index (χ2v) is 4.90. The van der Waals surface area contributed by atoms with E-state index in [-0.39, 0.29) is 6.04 Å². The molecule has 1 heterocycles. The highest BCUT2D eigenvalue weighted by Gasteiger charge is 2.20. The Labute approximate surface area is 106 Å². The van der Waals surface area contributed by atoms with Crippen LogP contribution in [0.4, 0.5) is 8.78 Å². The molecule has 0 aromatic heterocycles. The van der Waals surface area contributed by atoms with Gasteiger partial charge in [0.05, 0.1) is 0 Å². The summed E-state index contributed by atoms with van der Waals surface area (Å²) >= 11 is 0. The summed E-state index contributed by atoms with van der Waals surface area (Å²) in [7, 11) is 1.90. The molecular weight excluding hydrogens is 236 g/mol. The molecule has 1 N–H and O–H groups in total. The van der Waals surface area contributed by atoms with Gasteiger partial charge in [-0.15, -0.1) is 0 Å². The van der Waals surface area contributed by atoms with Crippen LogP contribution >= 0.6 is 0 Å². The molecule has 0 bridgehead atoms. The maximum atomic E-state index is 13.1. The van der Waals surface area contributed by atoms with Crippen LogP contribution in [0.1, 0.15) is 18.4 Å². The molecule has 1 aliphatic heterocycles. The predicted octanol–water partition coefficient (Wildman–Crippen LogP) is 2.52. The molecule has 0 radical (unpaired) electrons. The zero-order chi connectivity index (χ0) is 13.0. The van der Waals surface area contributed by atoms with Crippen molar-refractivity contribution in [2.24, 2.45) is 5.92 Å². The summed E-state index contributed by atoms with van der Waals surface area (Å²) in [5.41, 5.74) is 0.826. The van der Waals surface area contributed by atoms with Crippen molar-refractivity contribution in [3.05, 3.63) is 35.4 Å². The molecule has 2 rings (SSSR count). The summed E-state index contributed by atoms with van der Waals surface area (Å²) < 4.78 is 31.3. The Morgan fingerprint density at radius 2 is 2.22 bits per heavy atom. The van der Waals surface area contributed by atoms with Gasteiger partial charge in [-0.3, -0.25) is 0 Å². The van der Waals surface area contributed by atoms with Crippen LogP contribution in [0.5, 0.6) is 0 Å². The van der Waals surface area contributed by atoms with E-state index in [4.69, 9.17) is 4.74 Å². The van der Waals surface area contributed by atoms with Gasteiger partial charge in [-0.05, 0) is 49.9 Å². The molecule has 0 spiro atoms. The highest BCUT2D eigenvalue weighted by atomic mass is 19.2. The molecule has 0 saturated carbocycles. The fourth-order valence-electron chi connectivity index (χ4n) is 2.43. The maximum absolute atomic E-state index is 13.1. The number of ether oxygens (including phenoxy) is 1. The quantitative estimate of drug-likeness (QED) is 0.873. The third kappa shape index (κ3) is 3.50. The van der Waals surface area contributed by atoms with Gasteiger partial charge < -0.3 is 10.1 Å². The van der Waals surface area contributed by atoms with Crippen molar-refractivity contribution in [2.75, 3.05) is 20.3 Å². The third-order valence-electron chi connectivity index (χ3n) is 3.52. The average Bonchev–Trinajstić information content (AvgIpc) is 2.86. The molecule has 2 unspecified atom stereocenters. The van der Waals surface area contributed by atoms with Gasteiger partial charge in [0, 0.05) is 19.3 Å². The summed E-state index contributed by atoms with van der Waals surface area (Å²) in [5.74, 6) is -0.983. The first-order valence-electron chi connectivity index (χ1n) is 6.38. The smallest absolute Gasteiger partial charge is 0.159 e. The van der Waals surface area contributed by atoms with Crippen LogP contribution in [0, 0.1) is 17.6 Å². The van der Waals surface area contributed by atoms with E-state index in [0.29, 0.717) is 12.3 Å². The summed E-state index contributed by atoms with van der Waals surface area (Å²) in [4.78, 5) is 0. The van der Waals surface area contributed by atoms with E-state index >= 15 is 0 Å². The monoisotopic (exact) mass is 255 g/mol. The van der Waals surface area contributed by atoms with Crippen molar-refractivity contribution in [1.29, 1.82) is 0 Å². The van der Waals surface area contributed by atoms with Gasteiger partial charge in [0.25, 0.3) is 0 Å². The van der Waals surface area contributed by atoms with E-state index in [1.807, 2.05) is 7.05 Å². The average molecular weight is 255 g/mol. The Morgan fingerprint density at radius 3 is 2.83 bits per heavy atom. The molecule has 18 heavy (non-hydrogen) atoms. The molecule has 0 amide bonds. The number of rotatable bonds is 5. The molecule has 4 heteroatoms. The van der Waals surface area contributed by atoms with Crippen LogP contribution in [-0.4, -0.2) is 26.3 Å². The molecule has 1 aliphatic rings. The summed E-state index contributed by atoms with van der Waals surface area (Å²) in [6.07, 6.45) is 2.82. The zero-order valence-electron chi connectivity index (χ0n) is 10.6. The SMILES string of the molecule is CNC(Cc1ccc(F)c(F)c1)CC1CCOC1. The third-order valence-corrected chi connectivity index (χ3v) is 3.52. The van der Waals surface area contributed by atoms with Crippen LogP contribution in [0.25, 0.3) is 0 Å². The molecule has 1 saturated heterocycles. The van der Waals surface area contributed by atoms with Crippen LogP contribution in [0.3, 0.4) is 0 Å². The lowest BCUT2D eigenvalue weighted by atomic mass is 9.94. The summed E-state index contributed by atoms with van der Waals surface area (Å²) in [5, 5.41) is 3.24. The van der Waals surface area contributed by atoms with E-state index in [1.165, 1.54) is 12.1 Å². The second kappa shape index (κ2) is 6.25. The lowest BCUT2D eigenvalue weighted by molar-refractivity contribution is 0.181. The molecule has 2 atom stereocenters. The van der Waals surface area contributed by atoms with Gasteiger partial charge in [-0.2, -0.15) is 0 Å². The fourth-order valence-corrected chi connectivity index (χ4v) is 2.43. The first-order chi connectivity index (χ1) is 8.69. The number of hydrogen-bond acceptors (Lipinski definition) is 2. The lowest BCUT2D eigenvalue weighted by Gasteiger charge is -2.19. The molecule has 1 aromatic rings. The number of halogens is 2. The van der Waals surface area contributed by atoms with Gasteiger partial charge in [-0.1, -0.05) is 6.07 Å². The Morgan fingerprint density at radius 1 is 1.39 bits per heavy atom. The minimum absolute atomic E-state index is 0.279. The van der Waals surface area contributed by atoms with Crippen LogP contribution in [0.15, 0.2) is 18.2 Å². The van der Waals surface area contributed by atoms with Crippen molar-refractivity contribution in [3.63, 3.8) is 0 Å². The molecule has 0 aliphatic carbocycles. The number of likely N-dealkylation sites (N-methyl/N-ethyl adjacent to an activating group) is 1. The number of nitrogens with one attached hydrogen (secondary N) is 1. The van der Waals surface area contributed by atoms with E-state index in [9.17, 15) is 8.78 Å². The van der Waals surface area contributed by atoms with E-state index in [0.717, 1.165) is 31.6 Å². The van der Waals surface area contributed by atoms with Gasteiger partial charge >= 0.3 is 0 Å². The van der Waals surface area contributed by atoms with E-state index in [1.54, 1.807) is 6.07 Å². The molecule has 2 nitrogen and oxygen atoms in total. The highest BCUT2D eigenvalue weighted by Crippen LogP contribution is 2.20. The number of benzene rings is 1. The van der Waals surface area contributed by atoms with E-state index in [2.05, 4.69) is 5.32 Å². The summed E-state index contributed by atoms with van der Waals surface area (Å²) in [6.45, 7) is 1.65. The van der Waals surface area contributed by atoms with Gasteiger partial charge in [0.15, 0.2) is 11.6 Å². The van der Waals surface area contributed by atoms with Crippen LogP contribution < -0.4 is 5.32 Å². The minimum Gasteiger partial charge on any atom is -0.381 e. The molecule has 1 aromatic carbocycles. The van der Waals surface area contributed by atoms with Crippen LogP contribution in [-0.2, 0) is 11.2 Å². The van der Waals surface area contributed by atoms with Crippen molar-refractivity contribution >= 4 is 0 Å². The van der Waals surface area contributed by atoms with Crippen molar-refractivity contribution < 1.29 is 13.5 Å². The Bertz CT molecular complexity index is 391. The predicted molar refractivity (Wildman–Crippen MR) is 66.5 cm³/mol. The summed E-state index contributed by atoms with van der Waals surface area (Å²) in [6, 6.07) is 4.40. The van der Waals surface area contributed by atoms with Gasteiger partial charge in [0.1, 0.15) is 0 Å². The maximum Gasteiger partial charge on any atom is 0.159 e. The van der Waals surface area contributed by atoms with Gasteiger partial charge in [-0.25, -0.2) is 8.78 Å². The molecule has 1 fully saturated rings.